The standard InChI is InChI=1S/C21H32F3N3/c1-4-7-12-26(13-8-5-2)14-9-15-27-19-11-10-17(21(22,23)24)16-18(19)25-20(27)6-3/h10-11,16H,4-9,12-15H2,1-3H3. The van der Waals surface area contributed by atoms with Gasteiger partial charge in [0.1, 0.15) is 5.82 Å². The molecular formula is C21H32F3N3. The molecule has 0 atom stereocenters. The van der Waals surface area contributed by atoms with E-state index < -0.39 is 11.7 Å². The molecule has 1 aromatic carbocycles. The van der Waals surface area contributed by atoms with Gasteiger partial charge in [0.25, 0.3) is 0 Å². The Morgan fingerprint density at radius 2 is 1.59 bits per heavy atom. The summed E-state index contributed by atoms with van der Waals surface area (Å²) in [6.45, 7) is 10.5. The third-order valence-electron chi connectivity index (χ3n) is 4.98. The summed E-state index contributed by atoms with van der Waals surface area (Å²) in [5.74, 6) is 0.859. The van der Waals surface area contributed by atoms with Gasteiger partial charge in [0.05, 0.1) is 16.6 Å². The van der Waals surface area contributed by atoms with Gasteiger partial charge in [-0.05, 0) is 57.1 Å². The Hall–Kier alpha value is -1.56. The van der Waals surface area contributed by atoms with Crippen molar-refractivity contribution in [2.24, 2.45) is 0 Å². The molecule has 27 heavy (non-hydrogen) atoms. The van der Waals surface area contributed by atoms with Crippen molar-refractivity contribution in [2.45, 2.75) is 72.0 Å². The second kappa shape index (κ2) is 10.1. The molecule has 6 heteroatoms. The van der Waals surface area contributed by atoms with E-state index >= 15 is 0 Å². The van der Waals surface area contributed by atoms with Crippen molar-refractivity contribution in [3.8, 4) is 0 Å². The maximum absolute atomic E-state index is 13.0. The summed E-state index contributed by atoms with van der Waals surface area (Å²) in [7, 11) is 0. The maximum atomic E-state index is 13.0. The van der Waals surface area contributed by atoms with Gasteiger partial charge < -0.3 is 9.47 Å². The van der Waals surface area contributed by atoms with Crippen LogP contribution in [0.1, 0.15) is 64.3 Å². The lowest BCUT2D eigenvalue weighted by atomic mass is 10.2. The Bertz CT molecular complexity index is 698. The minimum absolute atomic E-state index is 0.440. The first-order chi connectivity index (χ1) is 12.9. The summed E-state index contributed by atoms with van der Waals surface area (Å²) >= 11 is 0. The highest BCUT2D eigenvalue weighted by atomic mass is 19.4. The smallest absolute Gasteiger partial charge is 0.328 e. The van der Waals surface area contributed by atoms with E-state index in [0.29, 0.717) is 11.9 Å². The first-order valence-corrected chi connectivity index (χ1v) is 10.2. The Labute approximate surface area is 160 Å². The van der Waals surface area contributed by atoms with Gasteiger partial charge in [0.2, 0.25) is 0 Å². The van der Waals surface area contributed by atoms with Gasteiger partial charge in [-0.2, -0.15) is 13.2 Å². The number of halogens is 3. The molecule has 0 aliphatic heterocycles. The Morgan fingerprint density at radius 3 is 2.15 bits per heavy atom. The molecule has 2 aromatic rings. The van der Waals surface area contributed by atoms with Crippen LogP contribution >= 0.6 is 0 Å². The molecule has 0 N–H and O–H groups in total. The van der Waals surface area contributed by atoms with Crippen molar-refractivity contribution in [3.05, 3.63) is 29.6 Å². The van der Waals surface area contributed by atoms with Crippen LogP contribution in [0.4, 0.5) is 13.2 Å². The van der Waals surface area contributed by atoms with E-state index in [0.717, 1.165) is 50.0 Å². The van der Waals surface area contributed by atoms with Crippen LogP contribution in [0.3, 0.4) is 0 Å². The van der Waals surface area contributed by atoms with Crippen LogP contribution in [-0.4, -0.2) is 34.1 Å². The predicted octanol–water partition coefficient (Wildman–Crippen LogP) is 5.91. The summed E-state index contributed by atoms with van der Waals surface area (Å²) in [6.07, 6.45) is 2.16. The molecule has 0 bridgehead atoms. The van der Waals surface area contributed by atoms with Crippen molar-refractivity contribution in [1.82, 2.24) is 14.5 Å². The van der Waals surface area contributed by atoms with Crippen LogP contribution < -0.4 is 0 Å². The van der Waals surface area contributed by atoms with Crippen molar-refractivity contribution < 1.29 is 13.2 Å². The zero-order chi connectivity index (χ0) is 19.9. The molecule has 0 spiro atoms. The fourth-order valence-corrected chi connectivity index (χ4v) is 3.43. The second-order valence-electron chi connectivity index (χ2n) is 7.14. The molecule has 0 saturated carbocycles. The lowest BCUT2D eigenvalue weighted by Gasteiger charge is -2.22. The Morgan fingerprint density at radius 1 is 0.963 bits per heavy atom. The number of fused-ring (bicyclic) bond motifs is 1. The van der Waals surface area contributed by atoms with Crippen molar-refractivity contribution in [2.75, 3.05) is 19.6 Å². The van der Waals surface area contributed by atoms with E-state index in [2.05, 4.69) is 28.3 Å². The fourth-order valence-electron chi connectivity index (χ4n) is 3.43. The number of hydrogen-bond donors (Lipinski definition) is 0. The highest BCUT2D eigenvalue weighted by molar-refractivity contribution is 5.77. The van der Waals surface area contributed by atoms with Gasteiger partial charge in [0.15, 0.2) is 0 Å². The van der Waals surface area contributed by atoms with E-state index in [1.165, 1.54) is 31.7 Å². The van der Waals surface area contributed by atoms with Gasteiger partial charge in [-0.1, -0.05) is 33.6 Å². The van der Waals surface area contributed by atoms with E-state index in [4.69, 9.17) is 0 Å². The SMILES string of the molecule is CCCCN(CCCC)CCCn1c(CC)nc2cc(C(F)(F)F)ccc21. The number of unbranched alkanes of at least 4 members (excludes halogenated alkanes) is 2. The fraction of sp³-hybridized carbons (Fsp3) is 0.667. The number of nitrogens with zero attached hydrogens (tertiary/aromatic N) is 3. The minimum Gasteiger partial charge on any atom is -0.328 e. The van der Waals surface area contributed by atoms with Crippen molar-refractivity contribution in [3.63, 3.8) is 0 Å². The molecule has 1 aromatic heterocycles. The van der Waals surface area contributed by atoms with E-state index in [1.54, 1.807) is 6.07 Å². The molecule has 0 aliphatic rings. The molecule has 1 heterocycles. The van der Waals surface area contributed by atoms with Crippen LogP contribution in [-0.2, 0) is 19.1 Å². The zero-order valence-electron chi connectivity index (χ0n) is 16.8. The third-order valence-corrected chi connectivity index (χ3v) is 4.98. The summed E-state index contributed by atoms with van der Waals surface area (Å²) in [5.41, 5.74) is 0.608. The topological polar surface area (TPSA) is 21.1 Å². The van der Waals surface area contributed by atoms with Crippen molar-refractivity contribution in [1.29, 1.82) is 0 Å². The number of aryl methyl sites for hydroxylation is 2. The summed E-state index contributed by atoms with van der Waals surface area (Å²) in [5, 5.41) is 0. The molecule has 3 nitrogen and oxygen atoms in total. The van der Waals surface area contributed by atoms with Gasteiger partial charge in [-0.3, -0.25) is 0 Å². The minimum atomic E-state index is -4.33. The molecule has 0 amide bonds. The number of rotatable bonds is 11. The quantitative estimate of drug-likeness (QED) is 0.481. The maximum Gasteiger partial charge on any atom is 0.416 e. The number of benzene rings is 1. The first-order valence-electron chi connectivity index (χ1n) is 10.2. The molecule has 2 rings (SSSR count). The zero-order valence-corrected chi connectivity index (χ0v) is 16.8. The lowest BCUT2D eigenvalue weighted by molar-refractivity contribution is -0.137. The van der Waals surface area contributed by atoms with E-state index in [9.17, 15) is 13.2 Å². The number of hydrogen-bond acceptors (Lipinski definition) is 2. The summed E-state index contributed by atoms with van der Waals surface area (Å²) in [6, 6.07) is 3.89. The molecular weight excluding hydrogens is 351 g/mol. The highest BCUT2D eigenvalue weighted by Gasteiger charge is 2.31. The van der Waals surface area contributed by atoms with Crippen LogP contribution in [0.15, 0.2) is 18.2 Å². The highest BCUT2D eigenvalue weighted by Crippen LogP contribution is 2.31. The van der Waals surface area contributed by atoms with E-state index in [1.807, 2.05) is 6.92 Å². The van der Waals surface area contributed by atoms with Gasteiger partial charge in [-0.15, -0.1) is 0 Å². The third kappa shape index (κ3) is 5.96. The largest absolute Gasteiger partial charge is 0.416 e. The molecule has 0 saturated heterocycles. The first kappa shape index (κ1) is 21.7. The van der Waals surface area contributed by atoms with Crippen molar-refractivity contribution >= 4 is 11.0 Å². The predicted molar refractivity (Wildman–Crippen MR) is 105 cm³/mol. The molecule has 0 radical (unpaired) electrons. The average Bonchev–Trinajstić information content (AvgIpc) is 2.99. The second-order valence-corrected chi connectivity index (χ2v) is 7.14. The summed E-state index contributed by atoms with van der Waals surface area (Å²) in [4.78, 5) is 6.97. The number of aromatic nitrogens is 2. The van der Waals surface area contributed by atoms with Gasteiger partial charge in [0, 0.05) is 13.0 Å². The van der Waals surface area contributed by atoms with Crippen LogP contribution in [0.5, 0.6) is 0 Å². The summed E-state index contributed by atoms with van der Waals surface area (Å²) < 4.78 is 41.0. The monoisotopic (exact) mass is 383 g/mol. The van der Waals surface area contributed by atoms with E-state index in [-0.39, 0.29) is 0 Å². The van der Waals surface area contributed by atoms with Gasteiger partial charge >= 0.3 is 6.18 Å². The number of alkyl halides is 3. The van der Waals surface area contributed by atoms with Crippen LogP contribution in [0.2, 0.25) is 0 Å². The molecule has 152 valence electrons. The Kier molecular flexibility index (Phi) is 8.14. The lowest BCUT2D eigenvalue weighted by Crippen LogP contribution is -2.28. The molecule has 0 aliphatic carbocycles. The van der Waals surface area contributed by atoms with Gasteiger partial charge in [-0.25, -0.2) is 4.98 Å². The van der Waals surface area contributed by atoms with Crippen LogP contribution in [0.25, 0.3) is 11.0 Å². The molecule has 0 unspecified atom stereocenters. The van der Waals surface area contributed by atoms with Crippen LogP contribution in [0, 0.1) is 0 Å². The molecule has 0 fully saturated rings. The Balaban J connectivity index is 2.10. The average molecular weight is 384 g/mol. The number of imidazole rings is 1. The normalized spacial score (nSPS) is 12.4.